The highest BCUT2D eigenvalue weighted by molar-refractivity contribution is 6.08. The van der Waals surface area contributed by atoms with Crippen LogP contribution >= 0.6 is 0 Å². The summed E-state index contributed by atoms with van der Waals surface area (Å²) in [5.74, 6) is -1.15. The number of para-hydroxylation sites is 3. The molecule has 2 N–H and O–H groups in total. The summed E-state index contributed by atoms with van der Waals surface area (Å²) in [5.41, 5.74) is -0.382. The van der Waals surface area contributed by atoms with Gasteiger partial charge in [-0.15, -0.1) is 0 Å². The van der Waals surface area contributed by atoms with E-state index in [-0.39, 0.29) is 34.6 Å². The molecule has 10 heteroatoms. The molecule has 1 aliphatic rings. The van der Waals surface area contributed by atoms with Gasteiger partial charge in [-0.25, -0.2) is 4.68 Å². The van der Waals surface area contributed by atoms with Gasteiger partial charge in [0.1, 0.15) is 5.69 Å². The van der Waals surface area contributed by atoms with Crippen LogP contribution in [0.3, 0.4) is 0 Å². The van der Waals surface area contributed by atoms with Crippen molar-refractivity contribution in [1.29, 1.82) is 0 Å². The minimum absolute atomic E-state index is 0.119. The third-order valence-electron chi connectivity index (χ3n) is 4.96. The van der Waals surface area contributed by atoms with Crippen molar-refractivity contribution in [2.45, 2.75) is 25.8 Å². The molecule has 10 nitrogen and oxygen atoms in total. The van der Waals surface area contributed by atoms with E-state index in [1.54, 1.807) is 37.3 Å². The summed E-state index contributed by atoms with van der Waals surface area (Å²) >= 11 is 0. The first-order valence-electron chi connectivity index (χ1n) is 9.91. The van der Waals surface area contributed by atoms with Gasteiger partial charge in [-0.3, -0.25) is 24.5 Å². The fourth-order valence-electron chi connectivity index (χ4n) is 3.21. The summed E-state index contributed by atoms with van der Waals surface area (Å²) in [4.78, 5) is 48.7. The molecule has 0 atom stereocenters. The summed E-state index contributed by atoms with van der Waals surface area (Å²) in [6.07, 6.45) is 1.83. The highest BCUT2D eigenvalue weighted by Gasteiger charge is 2.26. The van der Waals surface area contributed by atoms with Crippen LogP contribution in [0.4, 0.5) is 11.4 Å². The molecule has 0 bridgehead atoms. The monoisotopic (exact) mass is 433 g/mol. The smallest absolute Gasteiger partial charge is 0.294 e. The van der Waals surface area contributed by atoms with Crippen LogP contribution in [0.2, 0.25) is 0 Å². The normalized spacial score (nSPS) is 12.8. The minimum Gasteiger partial charge on any atom is -0.349 e. The van der Waals surface area contributed by atoms with E-state index in [4.69, 9.17) is 0 Å². The number of hydrogen-bond acceptors (Lipinski definition) is 6. The third kappa shape index (κ3) is 4.24. The van der Waals surface area contributed by atoms with Gasteiger partial charge in [0.05, 0.1) is 16.2 Å². The van der Waals surface area contributed by atoms with Crippen LogP contribution in [0, 0.1) is 17.0 Å². The van der Waals surface area contributed by atoms with E-state index < -0.39 is 22.0 Å². The van der Waals surface area contributed by atoms with Crippen molar-refractivity contribution in [2.24, 2.45) is 0 Å². The number of nitrogens with one attached hydrogen (secondary N) is 2. The second-order valence-electron chi connectivity index (χ2n) is 7.40. The SMILES string of the molecule is Cc1cc(=O)c(C(=O)Nc2ccccc2C(=O)NC2CC2)nn1-c1ccccc1[N+](=O)[O-]. The molecule has 0 unspecified atom stereocenters. The number of nitrogens with zero attached hydrogens (tertiary/aromatic N) is 3. The Morgan fingerprint density at radius 3 is 2.50 bits per heavy atom. The molecule has 0 spiro atoms. The lowest BCUT2D eigenvalue weighted by Crippen LogP contribution is -2.29. The maximum atomic E-state index is 12.9. The summed E-state index contributed by atoms with van der Waals surface area (Å²) in [5, 5.41) is 20.9. The van der Waals surface area contributed by atoms with Crippen molar-refractivity contribution < 1.29 is 14.5 Å². The molecule has 1 heterocycles. The molecule has 0 saturated heterocycles. The highest BCUT2D eigenvalue weighted by Crippen LogP contribution is 2.23. The van der Waals surface area contributed by atoms with Gasteiger partial charge in [-0.1, -0.05) is 24.3 Å². The van der Waals surface area contributed by atoms with Gasteiger partial charge < -0.3 is 10.6 Å². The fourth-order valence-corrected chi connectivity index (χ4v) is 3.21. The number of nitro benzene ring substituents is 1. The van der Waals surface area contributed by atoms with Gasteiger partial charge in [0.25, 0.3) is 17.5 Å². The molecule has 32 heavy (non-hydrogen) atoms. The number of aryl methyl sites for hydroxylation is 1. The van der Waals surface area contributed by atoms with Crippen LogP contribution in [-0.2, 0) is 0 Å². The van der Waals surface area contributed by atoms with Crippen molar-refractivity contribution in [1.82, 2.24) is 15.1 Å². The van der Waals surface area contributed by atoms with Gasteiger partial charge in [0.15, 0.2) is 5.69 Å². The molecule has 1 fully saturated rings. The van der Waals surface area contributed by atoms with Gasteiger partial charge in [0, 0.05) is 23.9 Å². The van der Waals surface area contributed by atoms with Crippen molar-refractivity contribution in [2.75, 3.05) is 5.32 Å². The zero-order valence-corrected chi connectivity index (χ0v) is 17.1. The number of rotatable bonds is 6. The van der Waals surface area contributed by atoms with Crippen LogP contribution in [0.15, 0.2) is 59.4 Å². The fraction of sp³-hybridized carbons (Fsp3) is 0.182. The van der Waals surface area contributed by atoms with Crippen LogP contribution in [0.1, 0.15) is 39.4 Å². The average molecular weight is 433 g/mol. The number of anilines is 1. The number of amides is 2. The Kier molecular flexibility index (Phi) is 5.50. The first-order valence-corrected chi connectivity index (χ1v) is 9.91. The second-order valence-corrected chi connectivity index (χ2v) is 7.40. The molecule has 0 aliphatic heterocycles. The molecule has 4 rings (SSSR count). The molecular weight excluding hydrogens is 414 g/mol. The number of carbonyl (C=O) groups is 2. The molecule has 3 aromatic rings. The topological polar surface area (TPSA) is 136 Å². The highest BCUT2D eigenvalue weighted by atomic mass is 16.6. The van der Waals surface area contributed by atoms with Crippen LogP contribution < -0.4 is 16.1 Å². The minimum atomic E-state index is -0.825. The number of hydrogen-bond donors (Lipinski definition) is 2. The van der Waals surface area contributed by atoms with Crippen molar-refractivity contribution in [3.8, 4) is 5.69 Å². The van der Waals surface area contributed by atoms with E-state index in [1.165, 1.54) is 28.9 Å². The lowest BCUT2D eigenvalue weighted by molar-refractivity contribution is -0.384. The zero-order valence-electron chi connectivity index (χ0n) is 17.1. The maximum Gasteiger partial charge on any atom is 0.294 e. The van der Waals surface area contributed by atoms with E-state index in [2.05, 4.69) is 15.7 Å². The van der Waals surface area contributed by atoms with Crippen molar-refractivity contribution in [3.05, 3.63) is 91.9 Å². The van der Waals surface area contributed by atoms with Gasteiger partial charge in [-0.2, -0.15) is 5.10 Å². The molecule has 162 valence electrons. The predicted octanol–water partition coefficient (Wildman–Crippen LogP) is 2.59. The summed E-state index contributed by atoms with van der Waals surface area (Å²) in [6.45, 7) is 1.56. The maximum absolute atomic E-state index is 12.9. The largest absolute Gasteiger partial charge is 0.349 e. The summed E-state index contributed by atoms with van der Waals surface area (Å²) in [7, 11) is 0. The molecule has 0 radical (unpaired) electrons. The van der Waals surface area contributed by atoms with Crippen LogP contribution in [0.5, 0.6) is 0 Å². The Morgan fingerprint density at radius 2 is 1.78 bits per heavy atom. The first kappa shape index (κ1) is 20.9. The lowest BCUT2D eigenvalue weighted by atomic mass is 10.1. The third-order valence-corrected chi connectivity index (χ3v) is 4.96. The Morgan fingerprint density at radius 1 is 1.09 bits per heavy atom. The molecular formula is C22H19N5O5. The Hall–Kier alpha value is -4.34. The summed E-state index contributed by atoms with van der Waals surface area (Å²) < 4.78 is 1.18. The number of benzene rings is 2. The van der Waals surface area contributed by atoms with Crippen molar-refractivity contribution in [3.63, 3.8) is 0 Å². The average Bonchev–Trinajstić information content (AvgIpc) is 3.58. The first-order chi connectivity index (χ1) is 15.3. The lowest BCUT2D eigenvalue weighted by Gasteiger charge is -2.13. The Balaban J connectivity index is 1.69. The van der Waals surface area contributed by atoms with Gasteiger partial charge >= 0.3 is 0 Å². The summed E-state index contributed by atoms with van der Waals surface area (Å²) in [6, 6.07) is 13.7. The quantitative estimate of drug-likeness (QED) is 0.453. The number of nitro groups is 1. The van der Waals surface area contributed by atoms with Gasteiger partial charge in [0.2, 0.25) is 5.43 Å². The number of aromatic nitrogens is 2. The number of carbonyl (C=O) groups excluding carboxylic acids is 2. The van der Waals surface area contributed by atoms with Gasteiger partial charge in [-0.05, 0) is 38.0 Å². The van der Waals surface area contributed by atoms with Crippen LogP contribution in [-0.4, -0.2) is 32.6 Å². The van der Waals surface area contributed by atoms with E-state index >= 15 is 0 Å². The van der Waals surface area contributed by atoms with E-state index in [0.29, 0.717) is 5.69 Å². The standard InChI is InChI=1S/C22H19N5O5/c1-13-12-19(28)20(25-26(13)17-8-4-5-9-18(17)27(31)32)22(30)24-16-7-3-2-6-15(16)21(29)23-14-10-11-14/h2-9,12,14H,10-11H2,1H3,(H,23,29)(H,24,30). The van der Waals surface area contributed by atoms with Crippen LogP contribution in [0.25, 0.3) is 5.69 Å². The van der Waals surface area contributed by atoms with E-state index in [1.807, 2.05) is 0 Å². The Labute approximate surface area is 182 Å². The molecule has 2 amide bonds. The molecule has 1 aromatic heterocycles. The molecule has 1 saturated carbocycles. The predicted molar refractivity (Wildman–Crippen MR) is 116 cm³/mol. The molecule has 1 aliphatic carbocycles. The van der Waals surface area contributed by atoms with Crippen molar-refractivity contribution >= 4 is 23.2 Å². The van der Waals surface area contributed by atoms with E-state index in [9.17, 15) is 24.5 Å². The second kappa shape index (κ2) is 8.42. The zero-order chi connectivity index (χ0) is 22.8. The van der Waals surface area contributed by atoms with E-state index in [0.717, 1.165) is 12.8 Å². The Bertz CT molecular complexity index is 1300. The molecule has 2 aromatic carbocycles.